The van der Waals surface area contributed by atoms with Crippen molar-refractivity contribution in [1.82, 2.24) is 15.0 Å². The molecule has 140 valence electrons. The first-order valence-electron chi connectivity index (χ1n) is 8.95. The number of hydrogen-bond donors (Lipinski definition) is 3. The van der Waals surface area contributed by atoms with Crippen molar-refractivity contribution in [3.05, 3.63) is 35.7 Å². The van der Waals surface area contributed by atoms with Gasteiger partial charge in [-0.1, -0.05) is 6.07 Å². The Morgan fingerprint density at radius 2 is 2.00 bits per heavy atom. The van der Waals surface area contributed by atoms with Crippen molar-refractivity contribution in [3.8, 4) is 17.0 Å². The van der Waals surface area contributed by atoms with E-state index in [0.29, 0.717) is 41.9 Å². The molecule has 0 saturated carbocycles. The van der Waals surface area contributed by atoms with Crippen LogP contribution in [0.1, 0.15) is 24.5 Å². The largest absolute Gasteiger partial charge is 0.508 e. The first-order valence-corrected chi connectivity index (χ1v) is 8.95. The average Bonchev–Trinajstić information content (AvgIpc) is 2.99. The van der Waals surface area contributed by atoms with Crippen LogP contribution in [0.15, 0.2) is 24.5 Å². The van der Waals surface area contributed by atoms with Gasteiger partial charge in [-0.3, -0.25) is 0 Å². The van der Waals surface area contributed by atoms with Crippen LogP contribution in [0.5, 0.6) is 5.75 Å². The number of nitrogen functional groups attached to an aromatic ring is 1. The topological polar surface area (TPSA) is 108 Å². The van der Waals surface area contributed by atoms with Gasteiger partial charge in [0, 0.05) is 29.6 Å². The van der Waals surface area contributed by atoms with E-state index < -0.39 is 5.60 Å². The first kappa shape index (κ1) is 17.5. The van der Waals surface area contributed by atoms with Gasteiger partial charge in [-0.25, -0.2) is 15.0 Å². The molecule has 1 aliphatic heterocycles. The molecule has 0 amide bonds. The summed E-state index contributed by atoms with van der Waals surface area (Å²) in [5.41, 5.74) is 9.27. The van der Waals surface area contributed by atoms with Crippen LogP contribution in [0, 0.1) is 13.8 Å². The molecule has 1 fully saturated rings. The highest BCUT2D eigenvalue weighted by atomic mass is 16.3. The highest BCUT2D eigenvalue weighted by Crippen LogP contribution is 2.38. The number of benzene rings is 1. The van der Waals surface area contributed by atoms with Gasteiger partial charge in [0.05, 0.1) is 11.3 Å². The minimum absolute atomic E-state index is 0.210. The molecular formula is C20H23N5O2. The molecule has 0 radical (unpaired) electrons. The number of nitrogens with zero attached hydrogens (tertiary/aromatic N) is 4. The number of aromatic hydroxyl groups is 1. The van der Waals surface area contributed by atoms with Gasteiger partial charge in [-0.05, 0) is 44.9 Å². The van der Waals surface area contributed by atoms with E-state index in [9.17, 15) is 10.2 Å². The fourth-order valence-corrected chi connectivity index (χ4v) is 3.75. The van der Waals surface area contributed by atoms with E-state index in [1.165, 1.54) is 6.33 Å². The molecule has 0 spiro atoms. The van der Waals surface area contributed by atoms with Crippen LogP contribution in [0.3, 0.4) is 0 Å². The molecule has 1 atom stereocenters. The second kappa shape index (κ2) is 6.06. The molecule has 0 unspecified atom stereocenters. The summed E-state index contributed by atoms with van der Waals surface area (Å²) in [4.78, 5) is 15.5. The fourth-order valence-electron chi connectivity index (χ4n) is 3.75. The number of aryl methyl sites for hydroxylation is 1. The zero-order valence-electron chi connectivity index (χ0n) is 15.7. The second-order valence-corrected chi connectivity index (χ2v) is 7.55. The number of aromatic nitrogens is 3. The summed E-state index contributed by atoms with van der Waals surface area (Å²) < 4.78 is 0. The maximum atomic E-state index is 10.4. The Hall–Kier alpha value is -2.93. The van der Waals surface area contributed by atoms with Crippen LogP contribution >= 0.6 is 0 Å². The molecule has 0 aliphatic carbocycles. The van der Waals surface area contributed by atoms with E-state index >= 15 is 0 Å². The van der Waals surface area contributed by atoms with Crippen LogP contribution in [0.2, 0.25) is 0 Å². The van der Waals surface area contributed by atoms with E-state index in [2.05, 4.69) is 9.97 Å². The number of aliphatic hydroxyl groups is 1. The van der Waals surface area contributed by atoms with Gasteiger partial charge in [0.2, 0.25) is 0 Å². The molecule has 2 aromatic heterocycles. The van der Waals surface area contributed by atoms with E-state index in [1.54, 1.807) is 6.07 Å². The minimum atomic E-state index is -0.744. The molecule has 3 aromatic rings. The lowest BCUT2D eigenvalue weighted by Gasteiger charge is -2.22. The predicted octanol–water partition coefficient (Wildman–Crippen LogP) is 2.56. The summed E-state index contributed by atoms with van der Waals surface area (Å²) >= 11 is 0. The molecule has 1 aromatic carbocycles. The molecule has 7 nitrogen and oxygen atoms in total. The highest BCUT2D eigenvalue weighted by molar-refractivity contribution is 5.99. The van der Waals surface area contributed by atoms with Crippen LogP contribution < -0.4 is 10.6 Å². The van der Waals surface area contributed by atoms with E-state index in [1.807, 2.05) is 37.8 Å². The Morgan fingerprint density at radius 1 is 1.22 bits per heavy atom. The first-order chi connectivity index (χ1) is 12.8. The molecule has 1 saturated heterocycles. The summed E-state index contributed by atoms with van der Waals surface area (Å²) in [6.07, 6.45) is 2.10. The number of rotatable bonds is 2. The number of nitrogens with two attached hydrogens (primary N) is 1. The van der Waals surface area contributed by atoms with E-state index in [-0.39, 0.29) is 5.75 Å². The number of fused-ring (bicyclic) bond motifs is 1. The Bertz CT molecular complexity index is 1050. The summed E-state index contributed by atoms with van der Waals surface area (Å²) in [7, 11) is 0. The molecule has 1 aliphatic rings. The van der Waals surface area contributed by atoms with Crippen LogP contribution in [-0.2, 0) is 0 Å². The maximum absolute atomic E-state index is 10.4. The lowest BCUT2D eigenvalue weighted by Crippen LogP contribution is -2.30. The Labute approximate surface area is 157 Å². The van der Waals surface area contributed by atoms with Gasteiger partial charge in [-0.15, -0.1) is 0 Å². The van der Waals surface area contributed by atoms with Gasteiger partial charge in [-0.2, -0.15) is 0 Å². The Morgan fingerprint density at radius 3 is 2.70 bits per heavy atom. The zero-order chi connectivity index (χ0) is 19.3. The minimum Gasteiger partial charge on any atom is -0.508 e. The van der Waals surface area contributed by atoms with Crippen molar-refractivity contribution in [2.24, 2.45) is 0 Å². The molecule has 27 heavy (non-hydrogen) atoms. The van der Waals surface area contributed by atoms with Crippen molar-refractivity contribution in [1.29, 1.82) is 0 Å². The molecule has 0 bridgehead atoms. The number of β-amino-alcohol motifs (C(OH)–C–C–N with tert-alkyl or cyclic N) is 1. The number of pyridine rings is 1. The smallest absolute Gasteiger partial charge is 0.134 e. The standard InChI is InChI=1S/C20H23N5O2/c1-11-4-5-14(26)12(2)16(11)18-17-13(19(21)23-10-22-17)8-15(24-18)25-7-6-20(3,27)9-25/h4-5,8,10,26-27H,6-7,9H2,1-3H3,(H2,21,22,23)/t20-/m1/s1. The number of phenolic OH excluding ortho intramolecular Hbond substituents is 1. The molecule has 4 rings (SSSR count). The quantitative estimate of drug-likeness (QED) is 0.640. The van der Waals surface area contributed by atoms with Crippen LogP contribution in [-0.4, -0.2) is 43.9 Å². The zero-order valence-corrected chi connectivity index (χ0v) is 15.7. The molecular weight excluding hydrogens is 342 g/mol. The third-order valence-corrected chi connectivity index (χ3v) is 5.30. The summed E-state index contributed by atoms with van der Waals surface area (Å²) in [5.74, 6) is 1.31. The fraction of sp³-hybridized carbons (Fsp3) is 0.350. The highest BCUT2D eigenvalue weighted by Gasteiger charge is 2.32. The van der Waals surface area contributed by atoms with Crippen LogP contribution in [0.4, 0.5) is 11.6 Å². The van der Waals surface area contributed by atoms with Crippen molar-refractivity contribution < 1.29 is 10.2 Å². The average molecular weight is 365 g/mol. The molecule has 7 heteroatoms. The van der Waals surface area contributed by atoms with Crippen LogP contribution in [0.25, 0.3) is 22.2 Å². The second-order valence-electron chi connectivity index (χ2n) is 7.55. The lowest BCUT2D eigenvalue weighted by atomic mass is 9.97. The van der Waals surface area contributed by atoms with Crippen molar-refractivity contribution in [2.45, 2.75) is 32.8 Å². The monoisotopic (exact) mass is 365 g/mol. The van der Waals surface area contributed by atoms with E-state index in [0.717, 1.165) is 22.5 Å². The third kappa shape index (κ3) is 2.94. The normalized spacial score (nSPS) is 19.8. The van der Waals surface area contributed by atoms with Gasteiger partial charge < -0.3 is 20.8 Å². The van der Waals surface area contributed by atoms with Crippen molar-refractivity contribution >= 4 is 22.5 Å². The Balaban J connectivity index is 2.00. The van der Waals surface area contributed by atoms with Crippen molar-refractivity contribution in [3.63, 3.8) is 0 Å². The predicted molar refractivity (Wildman–Crippen MR) is 106 cm³/mol. The third-order valence-electron chi connectivity index (χ3n) is 5.30. The SMILES string of the molecule is Cc1ccc(O)c(C)c1-c1nc(N2CC[C@@](C)(O)C2)cc2c(N)ncnc12. The van der Waals surface area contributed by atoms with Gasteiger partial charge in [0.15, 0.2) is 0 Å². The number of hydrogen-bond acceptors (Lipinski definition) is 7. The summed E-state index contributed by atoms with van der Waals surface area (Å²) in [6, 6.07) is 5.42. The van der Waals surface area contributed by atoms with Gasteiger partial charge in [0.1, 0.15) is 29.2 Å². The Kier molecular flexibility index (Phi) is 3.92. The van der Waals surface area contributed by atoms with Gasteiger partial charge >= 0.3 is 0 Å². The van der Waals surface area contributed by atoms with Crippen molar-refractivity contribution in [2.75, 3.05) is 23.7 Å². The summed E-state index contributed by atoms with van der Waals surface area (Å²) in [5, 5.41) is 21.3. The van der Waals surface area contributed by atoms with Gasteiger partial charge in [0.25, 0.3) is 0 Å². The molecule has 4 N–H and O–H groups in total. The van der Waals surface area contributed by atoms with E-state index in [4.69, 9.17) is 10.7 Å². The maximum Gasteiger partial charge on any atom is 0.134 e. The number of anilines is 2. The number of phenols is 1. The molecule has 3 heterocycles. The summed E-state index contributed by atoms with van der Waals surface area (Å²) in [6.45, 7) is 6.87. The lowest BCUT2D eigenvalue weighted by molar-refractivity contribution is 0.0839.